The lowest BCUT2D eigenvalue weighted by molar-refractivity contribution is 0.0669. The minimum atomic E-state index is -0.0706. The predicted molar refractivity (Wildman–Crippen MR) is 55.7 cm³/mol. The quantitative estimate of drug-likeness (QED) is 0.723. The Morgan fingerprint density at radius 1 is 1.38 bits per heavy atom. The van der Waals surface area contributed by atoms with Gasteiger partial charge in [-0.3, -0.25) is 4.90 Å². The Morgan fingerprint density at radius 2 is 2.08 bits per heavy atom. The third-order valence-electron chi connectivity index (χ3n) is 2.92. The number of aliphatic hydroxyl groups is 1. The third kappa shape index (κ3) is 2.96. The summed E-state index contributed by atoms with van der Waals surface area (Å²) in [6.45, 7) is 8.86. The molecule has 1 N–H and O–H groups in total. The maximum atomic E-state index is 9.76. The predicted octanol–water partition coefficient (Wildman–Crippen LogP) is 1.88. The molecule has 0 aromatic heterocycles. The van der Waals surface area contributed by atoms with Crippen molar-refractivity contribution in [1.82, 2.24) is 4.90 Å². The fraction of sp³-hybridized carbons (Fsp3) is 1.00. The summed E-state index contributed by atoms with van der Waals surface area (Å²) in [5, 5.41) is 9.76. The van der Waals surface area contributed by atoms with E-state index in [1.807, 2.05) is 0 Å². The molecule has 1 fully saturated rings. The SMILES string of the molecule is CCN(CC(C)C)[C@H]1CCC[C@@H]1O. The van der Waals surface area contributed by atoms with Crippen molar-refractivity contribution in [3.63, 3.8) is 0 Å². The molecule has 0 bridgehead atoms. The highest BCUT2D eigenvalue weighted by atomic mass is 16.3. The average molecular weight is 185 g/mol. The Morgan fingerprint density at radius 3 is 2.46 bits per heavy atom. The Hall–Kier alpha value is -0.0800. The first-order valence-corrected chi connectivity index (χ1v) is 5.57. The summed E-state index contributed by atoms with van der Waals surface area (Å²) in [5.41, 5.74) is 0. The van der Waals surface area contributed by atoms with E-state index in [1.54, 1.807) is 0 Å². The van der Waals surface area contributed by atoms with Crippen LogP contribution in [-0.2, 0) is 0 Å². The highest BCUT2D eigenvalue weighted by molar-refractivity contribution is 4.84. The van der Waals surface area contributed by atoms with Gasteiger partial charge < -0.3 is 5.11 Å². The van der Waals surface area contributed by atoms with Gasteiger partial charge >= 0.3 is 0 Å². The number of likely N-dealkylation sites (N-methyl/N-ethyl adjacent to an activating group) is 1. The van der Waals surface area contributed by atoms with E-state index in [1.165, 1.54) is 12.8 Å². The zero-order valence-electron chi connectivity index (χ0n) is 9.16. The van der Waals surface area contributed by atoms with Crippen molar-refractivity contribution in [2.75, 3.05) is 13.1 Å². The second kappa shape index (κ2) is 4.97. The van der Waals surface area contributed by atoms with E-state index >= 15 is 0 Å². The van der Waals surface area contributed by atoms with Gasteiger partial charge in [0.25, 0.3) is 0 Å². The van der Waals surface area contributed by atoms with E-state index in [-0.39, 0.29) is 6.10 Å². The number of aliphatic hydroxyl groups excluding tert-OH is 1. The van der Waals surface area contributed by atoms with Gasteiger partial charge in [0.15, 0.2) is 0 Å². The van der Waals surface area contributed by atoms with Gasteiger partial charge in [-0.25, -0.2) is 0 Å². The molecule has 0 aliphatic heterocycles. The molecule has 0 saturated heterocycles. The first-order chi connectivity index (χ1) is 6.15. The van der Waals surface area contributed by atoms with Crippen molar-refractivity contribution in [2.24, 2.45) is 5.92 Å². The average Bonchev–Trinajstić information content (AvgIpc) is 2.47. The lowest BCUT2D eigenvalue weighted by atomic mass is 10.1. The van der Waals surface area contributed by atoms with Crippen molar-refractivity contribution < 1.29 is 5.11 Å². The maximum absolute atomic E-state index is 9.76. The largest absolute Gasteiger partial charge is 0.391 e. The highest BCUT2D eigenvalue weighted by Crippen LogP contribution is 2.24. The maximum Gasteiger partial charge on any atom is 0.0695 e. The van der Waals surface area contributed by atoms with Gasteiger partial charge in [0.1, 0.15) is 0 Å². The molecule has 1 saturated carbocycles. The molecule has 1 aliphatic rings. The monoisotopic (exact) mass is 185 g/mol. The van der Waals surface area contributed by atoms with Crippen LogP contribution >= 0.6 is 0 Å². The molecule has 0 radical (unpaired) electrons. The van der Waals surface area contributed by atoms with Crippen molar-refractivity contribution in [1.29, 1.82) is 0 Å². The van der Waals surface area contributed by atoms with Crippen molar-refractivity contribution in [3.05, 3.63) is 0 Å². The molecule has 0 spiro atoms. The van der Waals surface area contributed by atoms with Crippen LogP contribution < -0.4 is 0 Å². The molecule has 0 heterocycles. The summed E-state index contributed by atoms with van der Waals surface area (Å²) in [4.78, 5) is 2.43. The van der Waals surface area contributed by atoms with E-state index in [0.29, 0.717) is 12.0 Å². The van der Waals surface area contributed by atoms with Gasteiger partial charge in [-0.1, -0.05) is 20.8 Å². The van der Waals surface area contributed by atoms with Crippen LogP contribution in [0.15, 0.2) is 0 Å². The molecule has 0 aromatic rings. The van der Waals surface area contributed by atoms with Crippen LogP contribution in [0.2, 0.25) is 0 Å². The molecule has 13 heavy (non-hydrogen) atoms. The second-order valence-corrected chi connectivity index (χ2v) is 4.55. The third-order valence-corrected chi connectivity index (χ3v) is 2.92. The summed E-state index contributed by atoms with van der Waals surface area (Å²) in [5.74, 6) is 0.702. The molecule has 2 heteroatoms. The van der Waals surface area contributed by atoms with Gasteiger partial charge in [-0.2, -0.15) is 0 Å². The molecule has 2 atom stereocenters. The molecular weight excluding hydrogens is 162 g/mol. The lowest BCUT2D eigenvalue weighted by Gasteiger charge is -2.31. The summed E-state index contributed by atoms with van der Waals surface area (Å²) >= 11 is 0. The lowest BCUT2D eigenvalue weighted by Crippen LogP contribution is -2.42. The van der Waals surface area contributed by atoms with E-state index in [9.17, 15) is 5.11 Å². The number of hydrogen-bond acceptors (Lipinski definition) is 2. The molecule has 0 unspecified atom stereocenters. The minimum absolute atomic E-state index is 0.0706. The Labute approximate surface area is 81.9 Å². The van der Waals surface area contributed by atoms with E-state index in [0.717, 1.165) is 19.5 Å². The molecule has 1 aliphatic carbocycles. The molecule has 1 rings (SSSR count). The number of rotatable bonds is 4. The molecule has 0 amide bonds. The zero-order chi connectivity index (χ0) is 9.84. The van der Waals surface area contributed by atoms with Crippen molar-refractivity contribution in [3.8, 4) is 0 Å². The Kier molecular flexibility index (Phi) is 4.20. The van der Waals surface area contributed by atoms with Gasteiger partial charge in [0.05, 0.1) is 6.10 Å². The number of nitrogens with zero attached hydrogens (tertiary/aromatic N) is 1. The molecule has 78 valence electrons. The van der Waals surface area contributed by atoms with Crippen LogP contribution in [0.3, 0.4) is 0 Å². The summed E-state index contributed by atoms with van der Waals surface area (Å²) in [7, 11) is 0. The Balaban J connectivity index is 2.45. The van der Waals surface area contributed by atoms with Crippen LogP contribution in [0.5, 0.6) is 0 Å². The van der Waals surface area contributed by atoms with Crippen LogP contribution in [-0.4, -0.2) is 35.2 Å². The standard InChI is InChI=1S/C11H23NO/c1-4-12(8-9(2)3)10-6-5-7-11(10)13/h9-11,13H,4-8H2,1-3H3/t10-,11-/m0/s1. The van der Waals surface area contributed by atoms with Crippen molar-refractivity contribution in [2.45, 2.75) is 52.2 Å². The zero-order valence-corrected chi connectivity index (χ0v) is 9.16. The van der Waals surface area contributed by atoms with Gasteiger partial charge in [0, 0.05) is 12.6 Å². The smallest absolute Gasteiger partial charge is 0.0695 e. The fourth-order valence-corrected chi connectivity index (χ4v) is 2.31. The summed E-state index contributed by atoms with van der Waals surface area (Å²) < 4.78 is 0. The topological polar surface area (TPSA) is 23.5 Å². The van der Waals surface area contributed by atoms with Crippen LogP contribution in [0.1, 0.15) is 40.0 Å². The van der Waals surface area contributed by atoms with Crippen LogP contribution in [0.25, 0.3) is 0 Å². The van der Waals surface area contributed by atoms with Gasteiger partial charge in [-0.05, 0) is 31.7 Å². The van der Waals surface area contributed by atoms with E-state index < -0.39 is 0 Å². The minimum Gasteiger partial charge on any atom is -0.391 e. The first kappa shape index (κ1) is 11.0. The van der Waals surface area contributed by atoms with Gasteiger partial charge in [-0.15, -0.1) is 0 Å². The van der Waals surface area contributed by atoms with Crippen LogP contribution in [0.4, 0.5) is 0 Å². The molecule has 0 aromatic carbocycles. The highest BCUT2D eigenvalue weighted by Gasteiger charge is 2.29. The van der Waals surface area contributed by atoms with Gasteiger partial charge in [0.2, 0.25) is 0 Å². The molecule has 2 nitrogen and oxygen atoms in total. The van der Waals surface area contributed by atoms with E-state index in [2.05, 4.69) is 25.7 Å². The van der Waals surface area contributed by atoms with Crippen LogP contribution in [0, 0.1) is 5.92 Å². The fourth-order valence-electron chi connectivity index (χ4n) is 2.31. The Bertz CT molecular complexity index is 147. The van der Waals surface area contributed by atoms with E-state index in [4.69, 9.17) is 0 Å². The normalized spacial score (nSPS) is 29.1. The number of hydrogen-bond donors (Lipinski definition) is 1. The summed E-state index contributed by atoms with van der Waals surface area (Å²) in [6, 6.07) is 0.437. The summed E-state index contributed by atoms with van der Waals surface area (Å²) in [6.07, 6.45) is 3.31. The second-order valence-electron chi connectivity index (χ2n) is 4.55. The first-order valence-electron chi connectivity index (χ1n) is 5.57. The molecular formula is C11H23NO. The van der Waals surface area contributed by atoms with Crippen molar-refractivity contribution >= 4 is 0 Å².